The topological polar surface area (TPSA) is 26.0 Å². The number of nitrogens with two attached hydrogens (primary N) is 1. The fourth-order valence-corrected chi connectivity index (χ4v) is 2.53. The Balaban J connectivity index is 2.22. The molecule has 0 aliphatic carbocycles. The van der Waals surface area contributed by atoms with Crippen LogP contribution in [-0.4, -0.2) is 6.54 Å². The van der Waals surface area contributed by atoms with E-state index in [4.69, 9.17) is 5.73 Å². The Bertz CT molecular complexity index is 338. The van der Waals surface area contributed by atoms with Gasteiger partial charge in [-0.25, -0.2) is 4.39 Å². The number of halogens is 1. The Hall–Kier alpha value is -0.890. The van der Waals surface area contributed by atoms with Crippen molar-refractivity contribution in [2.75, 3.05) is 6.54 Å². The molecule has 1 aromatic carbocycles. The highest BCUT2D eigenvalue weighted by Gasteiger charge is 2.09. The van der Waals surface area contributed by atoms with Crippen molar-refractivity contribution in [1.82, 2.24) is 0 Å². The van der Waals surface area contributed by atoms with E-state index in [0.29, 0.717) is 12.5 Å². The van der Waals surface area contributed by atoms with Gasteiger partial charge in [0.05, 0.1) is 0 Å². The zero-order valence-electron chi connectivity index (χ0n) is 12.2. The molecule has 0 saturated heterocycles. The summed E-state index contributed by atoms with van der Waals surface area (Å²) in [5.74, 6) is 0.154. The maximum Gasteiger partial charge on any atom is 0.123 e. The van der Waals surface area contributed by atoms with Crippen LogP contribution < -0.4 is 5.73 Å². The standard InChI is InChI=1S/C17H28FN/c1-2-3-4-5-6-7-8-10-16(14-19)15-11-9-12-17(18)13-15/h9,11-13,16H,2-8,10,14,19H2,1H3. The number of benzene rings is 1. The van der Waals surface area contributed by atoms with Crippen molar-refractivity contribution in [1.29, 1.82) is 0 Å². The number of unbranched alkanes of at least 4 members (excludes halogenated alkanes) is 6. The van der Waals surface area contributed by atoms with E-state index >= 15 is 0 Å². The van der Waals surface area contributed by atoms with Crippen LogP contribution in [0.4, 0.5) is 4.39 Å². The second-order valence-electron chi connectivity index (χ2n) is 5.40. The molecule has 0 heterocycles. The molecule has 0 aromatic heterocycles. The highest BCUT2D eigenvalue weighted by molar-refractivity contribution is 5.20. The lowest BCUT2D eigenvalue weighted by Crippen LogP contribution is -2.12. The molecule has 19 heavy (non-hydrogen) atoms. The Morgan fingerprint density at radius 3 is 2.37 bits per heavy atom. The van der Waals surface area contributed by atoms with E-state index in [1.807, 2.05) is 6.07 Å². The number of hydrogen-bond donors (Lipinski definition) is 1. The van der Waals surface area contributed by atoms with E-state index in [-0.39, 0.29) is 5.82 Å². The van der Waals surface area contributed by atoms with Gasteiger partial charge in [0.2, 0.25) is 0 Å². The van der Waals surface area contributed by atoms with Gasteiger partial charge in [-0.3, -0.25) is 0 Å². The Morgan fingerprint density at radius 1 is 1.05 bits per heavy atom. The third-order valence-corrected chi connectivity index (χ3v) is 3.76. The van der Waals surface area contributed by atoms with E-state index in [1.165, 1.54) is 51.0 Å². The van der Waals surface area contributed by atoms with Crippen LogP contribution in [0.15, 0.2) is 24.3 Å². The van der Waals surface area contributed by atoms with Crippen LogP contribution in [0.5, 0.6) is 0 Å². The van der Waals surface area contributed by atoms with Gasteiger partial charge in [0.15, 0.2) is 0 Å². The predicted octanol–water partition coefficient (Wildman–Crippen LogP) is 5.01. The third kappa shape index (κ3) is 6.72. The van der Waals surface area contributed by atoms with Gasteiger partial charge in [-0.05, 0) is 36.6 Å². The van der Waals surface area contributed by atoms with Gasteiger partial charge in [0.25, 0.3) is 0 Å². The maximum atomic E-state index is 13.2. The van der Waals surface area contributed by atoms with Crippen molar-refractivity contribution < 1.29 is 4.39 Å². The molecule has 1 rings (SSSR count). The number of rotatable bonds is 10. The van der Waals surface area contributed by atoms with Gasteiger partial charge < -0.3 is 5.73 Å². The molecule has 0 aliphatic heterocycles. The van der Waals surface area contributed by atoms with Crippen LogP contribution in [0.25, 0.3) is 0 Å². The molecular formula is C17H28FN. The monoisotopic (exact) mass is 265 g/mol. The van der Waals surface area contributed by atoms with Crippen LogP contribution in [-0.2, 0) is 0 Å². The van der Waals surface area contributed by atoms with Crippen molar-refractivity contribution in [3.05, 3.63) is 35.6 Å². The van der Waals surface area contributed by atoms with E-state index in [2.05, 4.69) is 6.92 Å². The van der Waals surface area contributed by atoms with Gasteiger partial charge in [0.1, 0.15) is 5.82 Å². The highest BCUT2D eigenvalue weighted by Crippen LogP contribution is 2.22. The first-order valence-electron chi connectivity index (χ1n) is 7.73. The van der Waals surface area contributed by atoms with Crippen molar-refractivity contribution >= 4 is 0 Å². The molecule has 1 nitrogen and oxygen atoms in total. The summed E-state index contributed by atoms with van der Waals surface area (Å²) in [6.45, 7) is 2.85. The minimum absolute atomic E-state index is 0.157. The summed E-state index contributed by atoms with van der Waals surface area (Å²) in [5.41, 5.74) is 6.86. The second-order valence-corrected chi connectivity index (χ2v) is 5.40. The molecule has 1 aromatic rings. The van der Waals surface area contributed by atoms with E-state index in [1.54, 1.807) is 12.1 Å². The molecule has 0 bridgehead atoms. The molecular weight excluding hydrogens is 237 g/mol. The lowest BCUT2D eigenvalue weighted by molar-refractivity contribution is 0.534. The smallest absolute Gasteiger partial charge is 0.123 e. The van der Waals surface area contributed by atoms with Crippen molar-refractivity contribution in [2.45, 2.75) is 64.2 Å². The van der Waals surface area contributed by atoms with Crippen molar-refractivity contribution in [3.63, 3.8) is 0 Å². The predicted molar refractivity (Wildman–Crippen MR) is 80.8 cm³/mol. The third-order valence-electron chi connectivity index (χ3n) is 3.76. The highest BCUT2D eigenvalue weighted by atomic mass is 19.1. The van der Waals surface area contributed by atoms with Crippen LogP contribution in [0, 0.1) is 5.82 Å². The van der Waals surface area contributed by atoms with E-state index in [0.717, 1.165) is 12.0 Å². The van der Waals surface area contributed by atoms with Crippen LogP contribution in [0.2, 0.25) is 0 Å². The zero-order valence-corrected chi connectivity index (χ0v) is 12.2. The first-order chi connectivity index (χ1) is 9.27. The molecule has 0 saturated carbocycles. The van der Waals surface area contributed by atoms with Gasteiger partial charge in [-0.15, -0.1) is 0 Å². The summed E-state index contributed by atoms with van der Waals surface area (Å²) in [4.78, 5) is 0. The normalized spacial score (nSPS) is 12.6. The van der Waals surface area contributed by atoms with Crippen LogP contribution in [0.3, 0.4) is 0 Å². The van der Waals surface area contributed by atoms with Gasteiger partial charge in [0, 0.05) is 0 Å². The minimum Gasteiger partial charge on any atom is -0.330 e. The van der Waals surface area contributed by atoms with Crippen LogP contribution in [0.1, 0.15) is 69.8 Å². The van der Waals surface area contributed by atoms with Gasteiger partial charge >= 0.3 is 0 Å². The first-order valence-corrected chi connectivity index (χ1v) is 7.73. The molecule has 2 N–H and O–H groups in total. The van der Waals surface area contributed by atoms with Gasteiger partial charge in [-0.1, -0.05) is 64.0 Å². The summed E-state index contributed by atoms with van der Waals surface area (Å²) >= 11 is 0. The lowest BCUT2D eigenvalue weighted by Gasteiger charge is -2.15. The van der Waals surface area contributed by atoms with Crippen molar-refractivity contribution in [3.8, 4) is 0 Å². The Kier molecular flexibility index (Phi) is 8.48. The van der Waals surface area contributed by atoms with Crippen molar-refractivity contribution in [2.24, 2.45) is 5.73 Å². The molecule has 2 heteroatoms. The molecule has 0 aliphatic rings. The lowest BCUT2D eigenvalue weighted by atomic mass is 9.93. The molecule has 1 atom stereocenters. The fraction of sp³-hybridized carbons (Fsp3) is 0.647. The summed E-state index contributed by atoms with van der Waals surface area (Å²) < 4.78 is 13.2. The van der Waals surface area contributed by atoms with Gasteiger partial charge in [-0.2, -0.15) is 0 Å². The number of hydrogen-bond acceptors (Lipinski definition) is 1. The minimum atomic E-state index is -0.157. The maximum absolute atomic E-state index is 13.2. The SMILES string of the molecule is CCCCCCCCCC(CN)c1cccc(F)c1. The summed E-state index contributed by atoms with van der Waals surface area (Å²) in [6, 6.07) is 6.88. The van der Waals surface area contributed by atoms with E-state index < -0.39 is 0 Å². The molecule has 1 unspecified atom stereocenters. The van der Waals surface area contributed by atoms with E-state index in [9.17, 15) is 4.39 Å². The second kappa shape index (κ2) is 9.96. The largest absolute Gasteiger partial charge is 0.330 e. The summed E-state index contributed by atoms with van der Waals surface area (Å²) in [6.07, 6.45) is 10.2. The molecule has 0 amide bonds. The molecule has 108 valence electrons. The molecule has 0 fully saturated rings. The Morgan fingerprint density at radius 2 is 1.74 bits per heavy atom. The molecule has 0 radical (unpaired) electrons. The van der Waals surface area contributed by atoms with Crippen LogP contribution >= 0.6 is 0 Å². The zero-order chi connectivity index (χ0) is 13.9. The molecule has 0 spiro atoms. The average Bonchev–Trinajstić information content (AvgIpc) is 2.42. The summed E-state index contributed by atoms with van der Waals surface area (Å²) in [5, 5.41) is 0. The first kappa shape index (κ1) is 16.2. The quantitative estimate of drug-likeness (QED) is 0.591. The summed E-state index contributed by atoms with van der Waals surface area (Å²) in [7, 11) is 0. The average molecular weight is 265 g/mol. The fourth-order valence-electron chi connectivity index (χ4n) is 2.53. The Labute approximate surface area is 117 Å².